The summed E-state index contributed by atoms with van der Waals surface area (Å²) in [4.78, 5) is 24.5. The number of Topliss-reactive ketones (excluding diaryl/α,β-unsaturated/α-hetero) is 1. The fourth-order valence-electron chi connectivity index (χ4n) is 2.62. The average Bonchev–Trinajstić information content (AvgIpc) is 2.67. The van der Waals surface area contributed by atoms with E-state index < -0.39 is 34.2 Å². The molecule has 0 spiro atoms. The minimum absolute atomic E-state index is 0.0152. The number of ketones is 1. The van der Waals surface area contributed by atoms with Crippen molar-refractivity contribution in [3.63, 3.8) is 0 Å². The number of nitrogens with zero attached hydrogens (tertiary/aromatic N) is 1. The van der Waals surface area contributed by atoms with Crippen LogP contribution in [0.25, 0.3) is 0 Å². The van der Waals surface area contributed by atoms with E-state index in [4.69, 9.17) is 4.74 Å². The fraction of sp³-hybridized carbons (Fsp3) is 0.300. The number of ether oxygens (including phenoxy) is 1. The van der Waals surface area contributed by atoms with E-state index in [0.29, 0.717) is 18.7 Å². The van der Waals surface area contributed by atoms with Crippen LogP contribution in [0.1, 0.15) is 40.1 Å². The molecule has 2 aromatic rings. The van der Waals surface area contributed by atoms with Crippen molar-refractivity contribution >= 4 is 21.8 Å². The van der Waals surface area contributed by atoms with Crippen LogP contribution in [0, 0.1) is 12.7 Å². The lowest BCUT2D eigenvalue weighted by molar-refractivity contribution is 0.0473. The Hall–Kier alpha value is -2.58. The maximum atomic E-state index is 12.9. The second-order valence-corrected chi connectivity index (χ2v) is 8.01. The number of halogens is 1. The zero-order chi connectivity index (χ0) is 20.9. The number of rotatable bonds is 8. The Morgan fingerprint density at radius 1 is 1.04 bits per heavy atom. The molecule has 0 fully saturated rings. The van der Waals surface area contributed by atoms with Gasteiger partial charge in [-0.3, -0.25) is 4.79 Å². The van der Waals surface area contributed by atoms with Gasteiger partial charge in [-0.05, 0) is 48.9 Å². The van der Waals surface area contributed by atoms with E-state index in [-0.39, 0.29) is 16.0 Å². The second-order valence-electron chi connectivity index (χ2n) is 6.07. The molecule has 2 rings (SSSR count). The highest BCUT2D eigenvalue weighted by Gasteiger charge is 2.24. The number of benzene rings is 2. The zero-order valence-electron chi connectivity index (χ0n) is 15.9. The van der Waals surface area contributed by atoms with Gasteiger partial charge in [-0.1, -0.05) is 19.9 Å². The summed E-state index contributed by atoms with van der Waals surface area (Å²) >= 11 is 0. The number of esters is 1. The molecule has 0 amide bonds. The van der Waals surface area contributed by atoms with Crippen molar-refractivity contribution in [1.29, 1.82) is 0 Å². The van der Waals surface area contributed by atoms with Gasteiger partial charge in [0.25, 0.3) is 0 Å². The lowest BCUT2D eigenvalue weighted by Crippen LogP contribution is -2.30. The molecule has 6 nitrogen and oxygen atoms in total. The summed E-state index contributed by atoms with van der Waals surface area (Å²) in [5, 5.41) is 0. The molecule has 0 N–H and O–H groups in total. The Morgan fingerprint density at radius 2 is 1.64 bits per heavy atom. The summed E-state index contributed by atoms with van der Waals surface area (Å²) in [6.45, 7) is 5.18. The summed E-state index contributed by atoms with van der Waals surface area (Å²) in [5.41, 5.74) is 0.807. The maximum absolute atomic E-state index is 12.9. The van der Waals surface area contributed by atoms with Crippen LogP contribution in [-0.4, -0.2) is 44.2 Å². The summed E-state index contributed by atoms with van der Waals surface area (Å²) in [7, 11) is -3.73. The molecule has 0 radical (unpaired) electrons. The molecule has 0 saturated heterocycles. The van der Waals surface area contributed by atoms with E-state index in [1.807, 2.05) is 0 Å². The Kier molecular flexibility index (Phi) is 7.04. The molecule has 0 atom stereocenters. The Bertz CT molecular complexity index is 967. The number of carbonyl (C=O) groups excluding carboxylic acids is 2. The van der Waals surface area contributed by atoms with Gasteiger partial charge in [-0.15, -0.1) is 0 Å². The first-order valence-electron chi connectivity index (χ1n) is 8.77. The van der Waals surface area contributed by atoms with Crippen molar-refractivity contribution in [3.8, 4) is 0 Å². The van der Waals surface area contributed by atoms with Gasteiger partial charge in [0.15, 0.2) is 12.4 Å². The van der Waals surface area contributed by atoms with E-state index >= 15 is 0 Å². The Labute approximate surface area is 164 Å². The number of sulfonamides is 1. The third-order valence-electron chi connectivity index (χ3n) is 4.27. The lowest BCUT2D eigenvalue weighted by atomic mass is 10.1. The molecule has 150 valence electrons. The van der Waals surface area contributed by atoms with Crippen molar-refractivity contribution in [2.45, 2.75) is 25.7 Å². The molecule has 0 aliphatic rings. The van der Waals surface area contributed by atoms with Crippen LogP contribution in [0.5, 0.6) is 0 Å². The van der Waals surface area contributed by atoms with Gasteiger partial charge in [0.05, 0.1) is 10.5 Å². The molecule has 0 aromatic heterocycles. The molecule has 8 heteroatoms. The Morgan fingerprint density at radius 3 is 2.21 bits per heavy atom. The lowest BCUT2D eigenvalue weighted by Gasteiger charge is -2.19. The molecule has 0 bridgehead atoms. The smallest absolute Gasteiger partial charge is 0.338 e. The number of carbonyl (C=O) groups is 2. The molecule has 0 heterocycles. The third kappa shape index (κ3) is 4.82. The van der Waals surface area contributed by atoms with E-state index in [2.05, 4.69) is 0 Å². The highest BCUT2D eigenvalue weighted by atomic mass is 32.2. The zero-order valence-corrected chi connectivity index (χ0v) is 16.8. The Balaban J connectivity index is 2.19. The van der Waals surface area contributed by atoms with Crippen molar-refractivity contribution in [2.24, 2.45) is 0 Å². The summed E-state index contributed by atoms with van der Waals surface area (Å²) in [6.07, 6.45) is 0. The van der Waals surface area contributed by atoms with E-state index in [0.717, 1.165) is 12.1 Å². The topological polar surface area (TPSA) is 80.8 Å². The molecular weight excluding hydrogens is 385 g/mol. The van der Waals surface area contributed by atoms with Crippen LogP contribution in [0.15, 0.2) is 47.4 Å². The monoisotopic (exact) mass is 407 g/mol. The maximum Gasteiger partial charge on any atom is 0.338 e. The standard InChI is InChI=1S/C20H22FNO5S/c1-4-22(5-2)28(25,26)17-11-6-14(3)18(12-17)20(24)27-13-19(23)15-7-9-16(21)10-8-15/h6-12H,4-5,13H2,1-3H3. The highest BCUT2D eigenvalue weighted by molar-refractivity contribution is 7.89. The van der Waals surface area contributed by atoms with Crippen LogP contribution < -0.4 is 0 Å². The molecule has 0 aliphatic heterocycles. The van der Waals surface area contributed by atoms with Gasteiger partial charge in [0.1, 0.15) is 5.82 Å². The first-order valence-corrected chi connectivity index (χ1v) is 10.2. The van der Waals surface area contributed by atoms with Crippen LogP contribution >= 0.6 is 0 Å². The first kappa shape index (κ1) is 21.7. The van der Waals surface area contributed by atoms with Crippen LogP contribution in [0.4, 0.5) is 4.39 Å². The van der Waals surface area contributed by atoms with Gasteiger partial charge >= 0.3 is 5.97 Å². The van der Waals surface area contributed by atoms with Crippen LogP contribution in [-0.2, 0) is 14.8 Å². The van der Waals surface area contributed by atoms with Crippen molar-refractivity contribution in [1.82, 2.24) is 4.31 Å². The van der Waals surface area contributed by atoms with Gasteiger partial charge < -0.3 is 4.74 Å². The fourth-order valence-corrected chi connectivity index (χ4v) is 4.11. The highest BCUT2D eigenvalue weighted by Crippen LogP contribution is 2.20. The average molecular weight is 407 g/mol. The number of hydrogen-bond donors (Lipinski definition) is 0. The van der Waals surface area contributed by atoms with Crippen LogP contribution in [0.2, 0.25) is 0 Å². The van der Waals surface area contributed by atoms with Crippen molar-refractivity contribution < 1.29 is 27.1 Å². The molecule has 0 saturated carbocycles. The molecular formula is C20H22FNO5S. The predicted molar refractivity (Wildman–Crippen MR) is 102 cm³/mol. The van der Waals surface area contributed by atoms with Crippen LogP contribution in [0.3, 0.4) is 0 Å². The first-order chi connectivity index (χ1) is 13.2. The molecule has 2 aromatic carbocycles. The predicted octanol–water partition coefficient (Wildman–Crippen LogP) is 3.20. The van der Waals surface area contributed by atoms with Gasteiger partial charge in [-0.2, -0.15) is 4.31 Å². The summed E-state index contributed by atoms with van der Waals surface area (Å²) < 4.78 is 44.5. The minimum Gasteiger partial charge on any atom is -0.454 e. The molecule has 28 heavy (non-hydrogen) atoms. The molecule has 0 aliphatic carbocycles. The van der Waals surface area contributed by atoms with E-state index in [9.17, 15) is 22.4 Å². The van der Waals surface area contributed by atoms with E-state index in [1.165, 1.54) is 34.6 Å². The quantitative estimate of drug-likeness (QED) is 0.496. The summed E-state index contributed by atoms with van der Waals surface area (Å²) in [6, 6.07) is 9.09. The number of hydrogen-bond acceptors (Lipinski definition) is 5. The van der Waals surface area contributed by atoms with Gasteiger partial charge in [0.2, 0.25) is 10.0 Å². The van der Waals surface area contributed by atoms with Gasteiger partial charge in [0, 0.05) is 18.7 Å². The minimum atomic E-state index is -3.73. The van der Waals surface area contributed by atoms with E-state index in [1.54, 1.807) is 20.8 Å². The SMILES string of the molecule is CCN(CC)S(=O)(=O)c1ccc(C)c(C(=O)OCC(=O)c2ccc(F)cc2)c1. The number of aryl methyl sites for hydroxylation is 1. The summed E-state index contributed by atoms with van der Waals surface area (Å²) in [5.74, 6) is -1.77. The third-order valence-corrected chi connectivity index (χ3v) is 6.32. The normalized spacial score (nSPS) is 11.5. The van der Waals surface area contributed by atoms with Crippen molar-refractivity contribution in [2.75, 3.05) is 19.7 Å². The van der Waals surface area contributed by atoms with Crippen molar-refractivity contribution in [3.05, 3.63) is 65.0 Å². The molecule has 0 unspecified atom stereocenters. The van der Waals surface area contributed by atoms with Gasteiger partial charge in [-0.25, -0.2) is 17.6 Å². The largest absolute Gasteiger partial charge is 0.454 e. The second kappa shape index (κ2) is 9.07.